The highest BCUT2D eigenvalue weighted by Gasteiger charge is 2.21. The second kappa shape index (κ2) is 9.38. The maximum Gasteiger partial charge on any atom is 0.259 e. The molecule has 8 heteroatoms. The molecule has 1 N–H and O–H groups in total. The number of nitrogens with one attached hydrogen (secondary N) is 1. The number of ether oxygens (including phenoxy) is 1. The van der Waals surface area contributed by atoms with E-state index >= 15 is 0 Å². The Hall–Kier alpha value is -3.78. The number of hydrogen-bond acceptors (Lipinski definition) is 6. The van der Waals surface area contributed by atoms with E-state index in [-0.39, 0.29) is 23.5 Å². The predicted molar refractivity (Wildman–Crippen MR) is 124 cm³/mol. The molecular weight excluding hydrogens is 423 g/mol. The molecule has 2 heterocycles. The molecule has 0 bridgehead atoms. The first kappa shape index (κ1) is 22.4. The molecule has 1 atom stereocenters. The van der Waals surface area contributed by atoms with Crippen molar-refractivity contribution in [1.29, 1.82) is 0 Å². The molecule has 1 unspecified atom stereocenters. The molecule has 2 aromatic heterocycles. The van der Waals surface area contributed by atoms with Crippen LogP contribution in [-0.2, 0) is 0 Å². The summed E-state index contributed by atoms with van der Waals surface area (Å²) in [7, 11) is 5.54. The van der Waals surface area contributed by atoms with E-state index in [1.807, 2.05) is 43.3 Å². The maximum atomic E-state index is 13.4. The first-order valence-electron chi connectivity index (χ1n) is 10.5. The third-order valence-electron chi connectivity index (χ3n) is 5.56. The SMILES string of the molecule is COc1cccc(C(CNC(=O)c2cc(-c3ccc(F)cc3)nc3onc(C)c23)N(C)C)c1. The van der Waals surface area contributed by atoms with E-state index in [0.717, 1.165) is 11.3 Å². The number of fused-ring (bicyclic) bond motifs is 1. The van der Waals surface area contributed by atoms with Crippen LogP contribution in [0.5, 0.6) is 5.75 Å². The van der Waals surface area contributed by atoms with Crippen LogP contribution < -0.4 is 10.1 Å². The lowest BCUT2D eigenvalue weighted by Gasteiger charge is -2.25. The lowest BCUT2D eigenvalue weighted by molar-refractivity contribution is 0.0943. The van der Waals surface area contributed by atoms with Gasteiger partial charge in [-0.1, -0.05) is 17.3 Å². The fourth-order valence-electron chi connectivity index (χ4n) is 3.77. The number of amides is 1. The molecule has 33 heavy (non-hydrogen) atoms. The van der Waals surface area contributed by atoms with Gasteiger partial charge in [-0.05, 0) is 69.0 Å². The summed E-state index contributed by atoms with van der Waals surface area (Å²) in [4.78, 5) is 19.8. The standard InChI is InChI=1S/C25H25FN4O3/c1-15-23-20(13-21(28-25(23)33-29-15)16-8-10-18(26)11-9-16)24(31)27-14-22(30(2)3)17-6-5-7-19(12-17)32-4/h5-13,22H,14H2,1-4H3,(H,27,31). The van der Waals surface area contributed by atoms with E-state index in [1.165, 1.54) is 12.1 Å². The van der Waals surface area contributed by atoms with Gasteiger partial charge in [0.25, 0.3) is 11.6 Å². The Kier molecular flexibility index (Phi) is 6.37. The molecule has 7 nitrogen and oxygen atoms in total. The van der Waals surface area contributed by atoms with Gasteiger partial charge in [0.2, 0.25) is 0 Å². The average molecular weight is 448 g/mol. The third kappa shape index (κ3) is 4.70. The predicted octanol–water partition coefficient (Wildman–Crippen LogP) is 4.38. The highest BCUT2D eigenvalue weighted by atomic mass is 19.1. The van der Waals surface area contributed by atoms with Gasteiger partial charge in [-0.3, -0.25) is 4.79 Å². The number of hydrogen-bond donors (Lipinski definition) is 1. The van der Waals surface area contributed by atoms with Crippen LogP contribution in [-0.4, -0.2) is 48.7 Å². The fraction of sp³-hybridized carbons (Fsp3) is 0.240. The molecule has 0 aliphatic heterocycles. The van der Waals surface area contributed by atoms with Crippen molar-refractivity contribution >= 4 is 17.0 Å². The Bertz CT molecular complexity index is 1280. The van der Waals surface area contributed by atoms with Crippen LogP contribution in [0.1, 0.15) is 27.7 Å². The number of aryl methyl sites for hydroxylation is 1. The Morgan fingerprint density at radius 2 is 1.94 bits per heavy atom. The summed E-state index contributed by atoms with van der Waals surface area (Å²) in [6.45, 7) is 2.14. The molecule has 1 amide bonds. The van der Waals surface area contributed by atoms with E-state index in [1.54, 1.807) is 32.2 Å². The second-order valence-electron chi connectivity index (χ2n) is 7.98. The Morgan fingerprint density at radius 1 is 1.18 bits per heavy atom. The van der Waals surface area contributed by atoms with Crippen LogP contribution in [0.4, 0.5) is 4.39 Å². The number of methoxy groups -OCH3 is 1. The fourth-order valence-corrected chi connectivity index (χ4v) is 3.77. The lowest BCUT2D eigenvalue weighted by Crippen LogP contribution is -2.34. The number of carbonyl (C=O) groups excluding carboxylic acids is 1. The molecule has 0 aliphatic rings. The molecule has 0 radical (unpaired) electrons. The zero-order valence-corrected chi connectivity index (χ0v) is 18.9. The van der Waals surface area contributed by atoms with Crippen LogP contribution >= 0.6 is 0 Å². The normalized spacial score (nSPS) is 12.2. The molecule has 0 saturated carbocycles. The van der Waals surface area contributed by atoms with Gasteiger partial charge in [-0.15, -0.1) is 0 Å². The molecule has 0 fully saturated rings. The summed E-state index contributed by atoms with van der Waals surface area (Å²) < 4.78 is 24.1. The van der Waals surface area contributed by atoms with Crippen molar-refractivity contribution in [2.45, 2.75) is 13.0 Å². The highest BCUT2D eigenvalue weighted by molar-refractivity contribution is 6.07. The van der Waals surface area contributed by atoms with Crippen molar-refractivity contribution in [3.05, 3.63) is 77.2 Å². The monoisotopic (exact) mass is 448 g/mol. The van der Waals surface area contributed by atoms with Crippen LogP contribution in [0, 0.1) is 12.7 Å². The topological polar surface area (TPSA) is 80.5 Å². The zero-order chi connectivity index (χ0) is 23.5. The van der Waals surface area contributed by atoms with Crippen molar-refractivity contribution in [1.82, 2.24) is 20.4 Å². The number of carbonyl (C=O) groups is 1. The number of likely N-dealkylation sites (N-methyl/N-ethyl adjacent to an activating group) is 1. The average Bonchev–Trinajstić information content (AvgIpc) is 3.19. The van der Waals surface area contributed by atoms with Crippen molar-refractivity contribution in [2.75, 3.05) is 27.7 Å². The Labute approximate surface area is 191 Å². The minimum absolute atomic E-state index is 0.0680. The summed E-state index contributed by atoms with van der Waals surface area (Å²) in [5.41, 5.74) is 3.43. The minimum atomic E-state index is -0.347. The van der Waals surface area contributed by atoms with Crippen LogP contribution in [0.15, 0.2) is 59.1 Å². The van der Waals surface area contributed by atoms with E-state index < -0.39 is 0 Å². The number of nitrogens with zero attached hydrogens (tertiary/aromatic N) is 3. The van der Waals surface area contributed by atoms with Gasteiger partial charge in [-0.2, -0.15) is 0 Å². The molecule has 0 aliphatic carbocycles. The van der Waals surface area contributed by atoms with Crippen molar-refractivity contribution in [2.24, 2.45) is 0 Å². The number of pyridine rings is 1. The molecule has 0 spiro atoms. The lowest BCUT2D eigenvalue weighted by atomic mass is 10.0. The highest BCUT2D eigenvalue weighted by Crippen LogP contribution is 2.28. The smallest absolute Gasteiger partial charge is 0.259 e. The summed E-state index contributed by atoms with van der Waals surface area (Å²) in [5.74, 6) is 0.137. The zero-order valence-electron chi connectivity index (χ0n) is 18.9. The molecular formula is C25H25FN4O3. The first-order chi connectivity index (χ1) is 15.9. The van der Waals surface area contributed by atoms with Crippen LogP contribution in [0.25, 0.3) is 22.4 Å². The quantitative estimate of drug-likeness (QED) is 0.452. The van der Waals surface area contributed by atoms with Crippen molar-refractivity contribution in [3.63, 3.8) is 0 Å². The summed E-state index contributed by atoms with van der Waals surface area (Å²) in [6.07, 6.45) is 0. The number of halogens is 1. The Balaban J connectivity index is 1.65. The molecule has 4 rings (SSSR count). The van der Waals surface area contributed by atoms with Gasteiger partial charge >= 0.3 is 0 Å². The second-order valence-corrected chi connectivity index (χ2v) is 7.98. The summed E-state index contributed by atoms with van der Waals surface area (Å²) in [5, 5.41) is 7.57. The van der Waals surface area contributed by atoms with Crippen LogP contribution in [0.2, 0.25) is 0 Å². The van der Waals surface area contributed by atoms with Crippen molar-refractivity contribution in [3.8, 4) is 17.0 Å². The van der Waals surface area contributed by atoms with Gasteiger partial charge in [0.15, 0.2) is 0 Å². The van der Waals surface area contributed by atoms with Crippen LogP contribution in [0.3, 0.4) is 0 Å². The minimum Gasteiger partial charge on any atom is -0.497 e. The van der Waals surface area contributed by atoms with Crippen molar-refractivity contribution < 1.29 is 18.4 Å². The van der Waals surface area contributed by atoms with Gasteiger partial charge < -0.3 is 19.5 Å². The molecule has 170 valence electrons. The Morgan fingerprint density at radius 3 is 2.64 bits per heavy atom. The van der Waals surface area contributed by atoms with E-state index in [0.29, 0.717) is 34.4 Å². The maximum absolute atomic E-state index is 13.4. The summed E-state index contributed by atoms with van der Waals surface area (Å²) in [6, 6.07) is 15.3. The van der Waals surface area contributed by atoms with E-state index in [9.17, 15) is 9.18 Å². The van der Waals surface area contributed by atoms with Gasteiger partial charge in [0, 0.05) is 12.1 Å². The number of aromatic nitrogens is 2. The van der Waals surface area contributed by atoms with Gasteiger partial charge in [0.1, 0.15) is 11.6 Å². The first-order valence-corrected chi connectivity index (χ1v) is 10.5. The largest absolute Gasteiger partial charge is 0.497 e. The van der Waals surface area contributed by atoms with Gasteiger partial charge in [0.05, 0.1) is 35.5 Å². The van der Waals surface area contributed by atoms with E-state index in [4.69, 9.17) is 9.26 Å². The third-order valence-corrected chi connectivity index (χ3v) is 5.56. The number of rotatable bonds is 7. The molecule has 2 aromatic carbocycles. The van der Waals surface area contributed by atoms with E-state index in [2.05, 4.69) is 15.5 Å². The molecule has 0 saturated heterocycles. The summed E-state index contributed by atoms with van der Waals surface area (Å²) >= 11 is 0. The molecule has 4 aromatic rings. The number of benzene rings is 2. The van der Waals surface area contributed by atoms with Gasteiger partial charge in [-0.25, -0.2) is 9.37 Å².